The fourth-order valence-corrected chi connectivity index (χ4v) is 5.25. The quantitative estimate of drug-likeness (QED) is 0.703. The van der Waals surface area contributed by atoms with Crippen LogP contribution in [0.5, 0.6) is 0 Å². The highest BCUT2D eigenvalue weighted by atomic mass is 35.5. The van der Waals surface area contributed by atoms with Crippen LogP contribution >= 0.6 is 11.6 Å². The van der Waals surface area contributed by atoms with Crippen LogP contribution in [0.2, 0.25) is 5.02 Å². The molecule has 0 saturated carbocycles. The Morgan fingerprint density at radius 3 is 2.31 bits per heavy atom. The minimum atomic E-state index is -1.28. The number of amides is 3. The Balaban J connectivity index is 1.49. The molecule has 2 aliphatic rings. The van der Waals surface area contributed by atoms with Gasteiger partial charge in [-0.05, 0) is 36.0 Å². The zero-order valence-corrected chi connectivity index (χ0v) is 18.8. The largest absolute Gasteiger partial charge is 0.388 e. The molecule has 0 spiro atoms. The Hall–Kier alpha value is -2.70. The lowest BCUT2D eigenvalue weighted by Gasteiger charge is -2.36. The van der Waals surface area contributed by atoms with E-state index >= 15 is 0 Å². The predicted octanol–water partition coefficient (Wildman–Crippen LogP) is 3.33. The Morgan fingerprint density at radius 1 is 1.09 bits per heavy atom. The molecule has 4 rings (SSSR count). The number of piperidine rings is 1. The average molecular weight is 455 g/mol. The molecule has 2 saturated heterocycles. The van der Waals surface area contributed by atoms with Crippen molar-refractivity contribution in [3.8, 4) is 0 Å². The highest BCUT2D eigenvalue weighted by molar-refractivity contribution is 6.32. The molecule has 6 nitrogen and oxygen atoms in total. The van der Waals surface area contributed by atoms with Crippen molar-refractivity contribution in [1.82, 2.24) is 9.80 Å². The van der Waals surface area contributed by atoms with Gasteiger partial charge in [0.2, 0.25) is 17.7 Å². The maximum absolute atomic E-state index is 13.3. The third kappa shape index (κ3) is 4.05. The highest BCUT2D eigenvalue weighted by Gasteiger charge is 2.53. The highest BCUT2D eigenvalue weighted by Crippen LogP contribution is 2.43. The van der Waals surface area contributed by atoms with Crippen LogP contribution in [0.4, 0.5) is 0 Å². The zero-order valence-electron chi connectivity index (χ0n) is 18.0. The lowest BCUT2D eigenvalue weighted by molar-refractivity contribution is -0.142. The molecule has 3 amide bonds. The van der Waals surface area contributed by atoms with Crippen molar-refractivity contribution in [2.24, 2.45) is 5.92 Å². The van der Waals surface area contributed by atoms with Gasteiger partial charge < -0.3 is 10.0 Å². The number of carbonyl (C=O) groups is 3. The molecule has 7 heteroatoms. The van der Waals surface area contributed by atoms with Gasteiger partial charge in [-0.1, -0.05) is 60.1 Å². The molecule has 2 aliphatic heterocycles. The summed E-state index contributed by atoms with van der Waals surface area (Å²) in [5.74, 6) is -0.806. The van der Waals surface area contributed by atoms with Crippen LogP contribution in [0, 0.1) is 5.92 Å². The van der Waals surface area contributed by atoms with Crippen molar-refractivity contribution in [1.29, 1.82) is 0 Å². The van der Waals surface area contributed by atoms with Crippen LogP contribution in [0.15, 0.2) is 54.6 Å². The van der Waals surface area contributed by atoms with Gasteiger partial charge >= 0.3 is 0 Å². The summed E-state index contributed by atoms with van der Waals surface area (Å²) in [7, 11) is 1.45. The van der Waals surface area contributed by atoms with Gasteiger partial charge in [-0.25, -0.2) is 0 Å². The molecular formula is C25H27ClN2O4. The number of halogens is 1. The summed E-state index contributed by atoms with van der Waals surface area (Å²) in [4.78, 5) is 41.7. The minimum Gasteiger partial charge on any atom is -0.388 e. The Bertz CT molecular complexity index is 1020. The van der Waals surface area contributed by atoms with Gasteiger partial charge in [-0.3, -0.25) is 19.3 Å². The first kappa shape index (κ1) is 22.5. The molecule has 0 bridgehead atoms. The maximum atomic E-state index is 13.3. The number of hydrogen-bond donors (Lipinski definition) is 1. The second-order valence-electron chi connectivity index (χ2n) is 8.75. The first-order valence-electron chi connectivity index (χ1n) is 10.9. The van der Waals surface area contributed by atoms with E-state index in [0.717, 1.165) is 10.5 Å². The Labute approximate surface area is 192 Å². The van der Waals surface area contributed by atoms with Crippen LogP contribution in [0.3, 0.4) is 0 Å². The van der Waals surface area contributed by atoms with Crippen LogP contribution in [0.25, 0.3) is 0 Å². The van der Waals surface area contributed by atoms with E-state index in [-0.39, 0.29) is 30.6 Å². The summed E-state index contributed by atoms with van der Waals surface area (Å²) in [6, 6.07) is 16.5. The minimum absolute atomic E-state index is 0.0685. The second kappa shape index (κ2) is 9.04. The van der Waals surface area contributed by atoms with E-state index in [1.54, 1.807) is 29.2 Å². The molecule has 2 heterocycles. The van der Waals surface area contributed by atoms with Gasteiger partial charge in [-0.15, -0.1) is 0 Å². The summed E-state index contributed by atoms with van der Waals surface area (Å²) in [5.41, 5.74) is 0.127. The third-order valence-electron chi connectivity index (χ3n) is 6.86. The molecule has 2 atom stereocenters. The maximum Gasteiger partial charge on any atom is 0.240 e. The topological polar surface area (TPSA) is 77.9 Å². The van der Waals surface area contributed by atoms with E-state index in [9.17, 15) is 19.5 Å². The van der Waals surface area contributed by atoms with Crippen LogP contribution < -0.4 is 0 Å². The van der Waals surface area contributed by atoms with Crippen molar-refractivity contribution in [2.75, 3.05) is 20.1 Å². The van der Waals surface area contributed by atoms with Gasteiger partial charge in [0.25, 0.3) is 0 Å². The summed E-state index contributed by atoms with van der Waals surface area (Å²) in [6.07, 6.45) is 0.616. The summed E-state index contributed by atoms with van der Waals surface area (Å²) in [5, 5.41) is 11.1. The van der Waals surface area contributed by atoms with Gasteiger partial charge in [0.05, 0.1) is 11.5 Å². The number of likely N-dealkylation sites (tertiary alicyclic amines) is 2. The Morgan fingerprint density at radius 2 is 1.72 bits per heavy atom. The predicted molar refractivity (Wildman–Crippen MR) is 121 cm³/mol. The lowest BCUT2D eigenvalue weighted by atomic mass is 9.75. The number of likely N-dealkylation sites (N-methyl/N-ethyl adjacent to an activating group) is 1. The van der Waals surface area contributed by atoms with Crippen molar-refractivity contribution in [3.63, 3.8) is 0 Å². The molecule has 2 aromatic carbocycles. The first-order chi connectivity index (χ1) is 15.3. The average Bonchev–Trinajstić information content (AvgIpc) is 3.03. The molecule has 168 valence electrons. The zero-order chi connectivity index (χ0) is 22.9. The van der Waals surface area contributed by atoms with Crippen LogP contribution in [-0.2, 0) is 19.8 Å². The van der Waals surface area contributed by atoms with Crippen molar-refractivity contribution in [3.05, 3.63) is 70.7 Å². The molecular weight excluding hydrogens is 428 g/mol. The van der Waals surface area contributed by atoms with E-state index in [2.05, 4.69) is 0 Å². The van der Waals surface area contributed by atoms with E-state index in [1.807, 2.05) is 30.3 Å². The van der Waals surface area contributed by atoms with Crippen molar-refractivity contribution < 1.29 is 19.5 Å². The van der Waals surface area contributed by atoms with Gasteiger partial charge in [0, 0.05) is 38.0 Å². The first-order valence-corrected chi connectivity index (χ1v) is 11.3. The molecule has 2 fully saturated rings. The smallest absolute Gasteiger partial charge is 0.240 e. The number of hydrogen-bond acceptors (Lipinski definition) is 4. The third-order valence-corrected chi connectivity index (χ3v) is 7.19. The Kier molecular flexibility index (Phi) is 6.35. The van der Waals surface area contributed by atoms with E-state index < -0.39 is 17.4 Å². The summed E-state index contributed by atoms with van der Waals surface area (Å²) >= 11 is 6.40. The number of aliphatic hydroxyl groups excluding tert-OH is 1. The second-order valence-corrected chi connectivity index (χ2v) is 9.15. The van der Waals surface area contributed by atoms with Crippen LogP contribution in [0.1, 0.15) is 42.9 Å². The van der Waals surface area contributed by atoms with Crippen molar-refractivity contribution >= 4 is 29.3 Å². The fourth-order valence-electron chi connectivity index (χ4n) is 4.94. The summed E-state index contributed by atoms with van der Waals surface area (Å²) in [6.45, 7) is 1.01. The number of rotatable bonds is 5. The van der Waals surface area contributed by atoms with Gasteiger partial charge in [-0.2, -0.15) is 0 Å². The number of benzene rings is 2. The van der Waals surface area contributed by atoms with Gasteiger partial charge in [0.15, 0.2) is 0 Å². The SMILES string of the molecule is CN1C(=O)C[C@](CC(=O)N2CCC([C@H](O)c3ccccc3)CC2)(c2ccccc2Cl)C1=O. The van der Waals surface area contributed by atoms with E-state index in [4.69, 9.17) is 11.6 Å². The van der Waals surface area contributed by atoms with Crippen LogP contribution in [-0.4, -0.2) is 52.8 Å². The fraction of sp³-hybridized carbons (Fsp3) is 0.400. The number of nitrogens with zero attached hydrogens (tertiary/aromatic N) is 2. The molecule has 32 heavy (non-hydrogen) atoms. The van der Waals surface area contributed by atoms with Gasteiger partial charge in [0.1, 0.15) is 0 Å². The molecule has 0 radical (unpaired) electrons. The lowest BCUT2D eigenvalue weighted by Crippen LogP contribution is -2.45. The monoisotopic (exact) mass is 454 g/mol. The van der Waals surface area contributed by atoms with E-state index in [0.29, 0.717) is 36.5 Å². The number of carbonyl (C=O) groups excluding carboxylic acids is 3. The number of imide groups is 1. The number of aliphatic hydroxyl groups is 1. The molecule has 2 aromatic rings. The molecule has 1 N–H and O–H groups in total. The normalized spacial score (nSPS) is 23.0. The molecule has 0 aliphatic carbocycles. The standard InChI is InChI=1S/C25H27ClN2O4/c1-27-21(29)15-25(24(27)32,19-9-5-6-10-20(19)26)16-22(30)28-13-11-18(12-14-28)23(31)17-7-3-2-4-8-17/h2-10,18,23,31H,11-16H2,1H3/t23-,25+/m1/s1. The summed E-state index contributed by atoms with van der Waals surface area (Å²) < 4.78 is 0. The molecule has 0 aromatic heterocycles. The molecule has 0 unspecified atom stereocenters. The van der Waals surface area contributed by atoms with Crippen molar-refractivity contribution in [2.45, 2.75) is 37.2 Å². The van der Waals surface area contributed by atoms with E-state index in [1.165, 1.54) is 7.05 Å².